The van der Waals surface area contributed by atoms with E-state index in [4.69, 9.17) is 0 Å². The highest BCUT2D eigenvalue weighted by Gasteiger charge is 2.22. The fourth-order valence-corrected chi connectivity index (χ4v) is 2.87. The van der Waals surface area contributed by atoms with Crippen molar-refractivity contribution < 1.29 is 0 Å². The minimum absolute atomic E-state index is 0. The summed E-state index contributed by atoms with van der Waals surface area (Å²) < 4.78 is 0. The van der Waals surface area contributed by atoms with Gasteiger partial charge in [0, 0.05) is 26.2 Å². The van der Waals surface area contributed by atoms with Crippen molar-refractivity contribution in [3.05, 3.63) is 35.4 Å². The van der Waals surface area contributed by atoms with Crippen LogP contribution in [0.15, 0.2) is 29.3 Å². The number of likely N-dealkylation sites (N-methyl/N-ethyl adjacent to an activating group) is 1. The first-order chi connectivity index (χ1) is 10.2. The van der Waals surface area contributed by atoms with Gasteiger partial charge >= 0.3 is 0 Å². The van der Waals surface area contributed by atoms with Crippen LogP contribution in [0.1, 0.15) is 30.9 Å². The second-order valence-electron chi connectivity index (χ2n) is 5.72. The highest BCUT2D eigenvalue weighted by Crippen LogP contribution is 2.15. The summed E-state index contributed by atoms with van der Waals surface area (Å²) in [5.41, 5.74) is 2.57. The molecular weight excluding hydrogens is 387 g/mol. The van der Waals surface area contributed by atoms with Crippen LogP contribution in [0, 0.1) is 6.92 Å². The summed E-state index contributed by atoms with van der Waals surface area (Å²) in [6, 6.07) is 9.25. The van der Waals surface area contributed by atoms with Gasteiger partial charge in [-0.05, 0) is 38.4 Å². The van der Waals surface area contributed by atoms with E-state index in [1.165, 1.54) is 30.5 Å². The van der Waals surface area contributed by atoms with Crippen molar-refractivity contribution in [2.45, 2.75) is 39.3 Å². The van der Waals surface area contributed by atoms with Crippen LogP contribution in [0.3, 0.4) is 0 Å². The Morgan fingerprint density at radius 2 is 2.00 bits per heavy atom. The van der Waals surface area contributed by atoms with Gasteiger partial charge in [0.15, 0.2) is 5.96 Å². The zero-order chi connectivity index (χ0) is 15.1. The number of halogens is 1. The van der Waals surface area contributed by atoms with E-state index in [1.54, 1.807) is 0 Å². The molecule has 0 bridgehead atoms. The van der Waals surface area contributed by atoms with Gasteiger partial charge in [-0.15, -0.1) is 24.0 Å². The van der Waals surface area contributed by atoms with Crippen molar-refractivity contribution in [3.8, 4) is 0 Å². The van der Waals surface area contributed by atoms with Gasteiger partial charge in [0.1, 0.15) is 0 Å². The third-order valence-corrected chi connectivity index (χ3v) is 4.21. The fraction of sp³-hybridized carbons (Fsp3) is 0.588. The Morgan fingerprint density at radius 3 is 2.64 bits per heavy atom. The average molecular weight is 416 g/mol. The molecule has 1 unspecified atom stereocenters. The fourth-order valence-electron chi connectivity index (χ4n) is 2.87. The SMILES string of the molecule is CCN1CCCC1CNC(=NC)NCc1ccc(C)cc1.I. The molecule has 4 nitrogen and oxygen atoms in total. The zero-order valence-corrected chi connectivity index (χ0v) is 16.3. The Hall–Kier alpha value is -0.820. The van der Waals surface area contributed by atoms with E-state index in [0.717, 1.165) is 25.6 Å². The van der Waals surface area contributed by atoms with Crippen molar-refractivity contribution >= 4 is 29.9 Å². The highest BCUT2D eigenvalue weighted by atomic mass is 127. The first-order valence-corrected chi connectivity index (χ1v) is 7.97. The lowest BCUT2D eigenvalue weighted by Crippen LogP contribution is -2.44. The molecule has 1 aromatic rings. The number of nitrogens with one attached hydrogen (secondary N) is 2. The van der Waals surface area contributed by atoms with Crippen molar-refractivity contribution in [1.82, 2.24) is 15.5 Å². The normalized spacial score (nSPS) is 18.9. The summed E-state index contributed by atoms with van der Waals surface area (Å²) in [6.45, 7) is 8.51. The lowest BCUT2D eigenvalue weighted by molar-refractivity contribution is 0.267. The second kappa shape index (κ2) is 10.0. The predicted octanol–water partition coefficient (Wildman–Crippen LogP) is 2.76. The summed E-state index contributed by atoms with van der Waals surface area (Å²) in [5, 5.41) is 6.84. The molecule has 1 aromatic carbocycles. The monoisotopic (exact) mass is 416 g/mol. The Kier molecular flexibility index (Phi) is 8.78. The van der Waals surface area contributed by atoms with Crippen molar-refractivity contribution in [2.24, 2.45) is 4.99 Å². The smallest absolute Gasteiger partial charge is 0.191 e. The molecule has 124 valence electrons. The number of benzene rings is 1. The van der Waals surface area contributed by atoms with Crippen LogP contribution in [0.25, 0.3) is 0 Å². The van der Waals surface area contributed by atoms with Crippen LogP contribution in [0.2, 0.25) is 0 Å². The lowest BCUT2D eigenvalue weighted by Gasteiger charge is -2.24. The number of hydrogen-bond donors (Lipinski definition) is 2. The predicted molar refractivity (Wildman–Crippen MR) is 105 cm³/mol. The average Bonchev–Trinajstić information content (AvgIpc) is 2.96. The van der Waals surface area contributed by atoms with E-state index in [1.807, 2.05) is 7.05 Å². The summed E-state index contributed by atoms with van der Waals surface area (Å²) in [7, 11) is 1.83. The Labute approximate surface area is 151 Å². The van der Waals surface area contributed by atoms with Crippen LogP contribution in [-0.4, -0.2) is 43.6 Å². The van der Waals surface area contributed by atoms with Crippen molar-refractivity contribution in [1.29, 1.82) is 0 Å². The van der Waals surface area contributed by atoms with E-state index < -0.39 is 0 Å². The number of aliphatic imine (C=N–C) groups is 1. The Balaban J connectivity index is 0.00000242. The van der Waals surface area contributed by atoms with Gasteiger partial charge in [0.05, 0.1) is 0 Å². The van der Waals surface area contributed by atoms with Crippen LogP contribution >= 0.6 is 24.0 Å². The van der Waals surface area contributed by atoms with Crippen LogP contribution < -0.4 is 10.6 Å². The molecule has 0 saturated carbocycles. The van der Waals surface area contributed by atoms with Gasteiger partial charge < -0.3 is 10.6 Å². The van der Waals surface area contributed by atoms with E-state index in [9.17, 15) is 0 Å². The molecule has 0 aromatic heterocycles. The molecule has 1 atom stereocenters. The third kappa shape index (κ3) is 5.76. The van der Waals surface area contributed by atoms with Crippen LogP contribution in [-0.2, 0) is 6.54 Å². The third-order valence-electron chi connectivity index (χ3n) is 4.21. The molecule has 0 amide bonds. The molecule has 2 rings (SSSR count). The summed E-state index contributed by atoms with van der Waals surface area (Å²) in [6.07, 6.45) is 2.60. The summed E-state index contributed by atoms with van der Waals surface area (Å²) >= 11 is 0. The maximum atomic E-state index is 4.31. The first kappa shape index (κ1) is 19.2. The first-order valence-electron chi connectivity index (χ1n) is 7.97. The van der Waals surface area contributed by atoms with Gasteiger partial charge in [-0.1, -0.05) is 36.8 Å². The number of guanidine groups is 1. The lowest BCUT2D eigenvalue weighted by atomic mass is 10.1. The van der Waals surface area contributed by atoms with E-state index in [2.05, 4.69) is 58.6 Å². The zero-order valence-electron chi connectivity index (χ0n) is 13.9. The van der Waals surface area contributed by atoms with Crippen molar-refractivity contribution in [3.63, 3.8) is 0 Å². The molecular formula is C17H29IN4. The van der Waals surface area contributed by atoms with Gasteiger partial charge in [0.25, 0.3) is 0 Å². The molecule has 0 spiro atoms. The Morgan fingerprint density at radius 1 is 1.27 bits per heavy atom. The van der Waals surface area contributed by atoms with E-state index >= 15 is 0 Å². The van der Waals surface area contributed by atoms with E-state index in [-0.39, 0.29) is 24.0 Å². The van der Waals surface area contributed by atoms with Gasteiger partial charge in [-0.2, -0.15) is 0 Å². The van der Waals surface area contributed by atoms with E-state index in [0.29, 0.717) is 6.04 Å². The van der Waals surface area contributed by atoms with Gasteiger partial charge in [-0.3, -0.25) is 9.89 Å². The summed E-state index contributed by atoms with van der Waals surface area (Å²) in [5.74, 6) is 0.888. The van der Waals surface area contributed by atoms with Gasteiger partial charge in [0.2, 0.25) is 0 Å². The molecule has 2 N–H and O–H groups in total. The molecule has 0 aliphatic carbocycles. The number of aryl methyl sites for hydroxylation is 1. The molecule has 1 aliphatic rings. The maximum absolute atomic E-state index is 4.31. The topological polar surface area (TPSA) is 39.7 Å². The molecule has 1 aliphatic heterocycles. The molecule has 22 heavy (non-hydrogen) atoms. The molecule has 1 heterocycles. The number of rotatable bonds is 5. The van der Waals surface area contributed by atoms with Crippen LogP contribution in [0.4, 0.5) is 0 Å². The molecule has 5 heteroatoms. The Bertz CT molecular complexity index is 458. The molecule has 1 saturated heterocycles. The highest BCUT2D eigenvalue weighted by molar-refractivity contribution is 14.0. The minimum atomic E-state index is 0. The number of nitrogens with zero attached hydrogens (tertiary/aromatic N) is 2. The van der Waals surface area contributed by atoms with Crippen molar-refractivity contribution in [2.75, 3.05) is 26.7 Å². The molecule has 1 fully saturated rings. The maximum Gasteiger partial charge on any atom is 0.191 e. The number of hydrogen-bond acceptors (Lipinski definition) is 2. The number of likely N-dealkylation sites (tertiary alicyclic amines) is 1. The second-order valence-corrected chi connectivity index (χ2v) is 5.72. The summed E-state index contributed by atoms with van der Waals surface area (Å²) in [4.78, 5) is 6.85. The quantitative estimate of drug-likeness (QED) is 0.441. The minimum Gasteiger partial charge on any atom is -0.355 e. The van der Waals surface area contributed by atoms with Gasteiger partial charge in [-0.25, -0.2) is 0 Å². The van der Waals surface area contributed by atoms with Crippen LogP contribution in [0.5, 0.6) is 0 Å². The largest absolute Gasteiger partial charge is 0.355 e. The molecule has 0 radical (unpaired) electrons. The standard InChI is InChI=1S/C17H28N4.HI/c1-4-21-11-5-6-16(21)13-20-17(18-3)19-12-15-9-7-14(2)8-10-15;/h7-10,16H,4-6,11-13H2,1-3H3,(H2,18,19,20);1H.